The first-order valence-electron chi connectivity index (χ1n) is 9.45. The van der Waals surface area contributed by atoms with Crippen molar-refractivity contribution >= 4 is 29.9 Å². The van der Waals surface area contributed by atoms with Gasteiger partial charge in [-0.25, -0.2) is 0 Å². The van der Waals surface area contributed by atoms with E-state index in [0.29, 0.717) is 6.54 Å². The second-order valence-electron chi connectivity index (χ2n) is 6.96. The number of aliphatic hydroxyl groups is 1. The maximum Gasteiger partial charge on any atom is 0.191 e. The maximum atomic E-state index is 10.4. The molecule has 7 heteroatoms. The SMILES string of the molecule is CCNC(=NCC1(CCOC)CCC1)NCC(O)c1ccc(OC)cc1.I. The van der Waals surface area contributed by atoms with Gasteiger partial charge in [-0.3, -0.25) is 4.99 Å². The smallest absolute Gasteiger partial charge is 0.191 e. The molecular weight excluding hydrogens is 457 g/mol. The van der Waals surface area contributed by atoms with Gasteiger partial charge in [0.25, 0.3) is 0 Å². The van der Waals surface area contributed by atoms with Gasteiger partial charge >= 0.3 is 0 Å². The summed E-state index contributed by atoms with van der Waals surface area (Å²) in [4.78, 5) is 4.76. The van der Waals surface area contributed by atoms with E-state index >= 15 is 0 Å². The summed E-state index contributed by atoms with van der Waals surface area (Å²) >= 11 is 0. The molecule has 0 spiro atoms. The van der Waals surface area contributed by atoms with E-state index in [4.69, 9.17) is 14.5 Å². The molecule has 3 N–H and O–H groups in total. The summed E-state index contributed by atoms with van der Waals surface area (Å²) in [6.45, 7) is 4.82. The van der Waals surface area contributed by atoms with Gasteiger partial charge in [-0.1, -0.05) is 18.6 Å². The van der Waals surface area contributed by atoms with Crippen LogP contribution in [0.1, 0.15) is 44.3 Å². The lowest BCUT2D eigenvalue weighted by molar-refractivity contribution is 0.0778. The monoisotopic (exact) mass is 491 g/mol. The summed E-state index contributed by atoms with van der Waals surface area (Å²) < 4.78 is 10.4. The molecule has 0 saturated heterocycles. The molecule has 1 aliphatic carbocycles. The van der Waals surface area contributed by atoms with Gasteiger partial charge in [-0.05, 0) is 49.3 Å². The molecule has 1 unspecified atom stereocenters. The number of rotatable bonds is 10. The maximum absolute atomic E-state index is 10.4. The third kappa shape index (κ3) is 7.46. The Kier molecular flexibility index (Phi) is 11.0. The fourth-order valence-corrected chi connectivity index (χ4v) is 3.21. The Morgan fingerprint density at radius 3 is 2.44 bits per heavy atom. The van der Waals surface area contributed by atoms with Crippen LogP contribution in [0.5, 0.6) is 5.75 Å². The van der Waals surface area contributed by atoms with E-state index in [-0.39, 0.29) is 29.4 Å². The fraction of sp³-hybridized carbons (Fsp3) is 0.650. The van der Waals surface area contributed by atoms with E-state index in [0.717, 1.165) is 43.4 Å². The number of nitrogens with one attached hydrogen (secondary N) is 2. The van der Waals surface area contributed by atoms with E-state index < -0.39 is 6.10 Å². The number of aliphatic hydroxyl groups excluding tert-OH is 1. The highest BCUT2D eigenvalue weighted by Gasteiger charge is 2.36. The number of nitrogens with zero attached hydrogens (tertiary/aromatic N) is 1. The highest BCUT2D eigenvalue weighted by Crippen LogP contribution is 2.44. The minimum absolute atomic E-state index is 0. The lowest BCUT2D eigenvalue weighted by Gasteiger charge is -2.40. The van der Waals surface area contributed by atoms with Crippen LogP contribution in [0.4, 0.5) is 0 Å². The number of methoxy groups -OCH3 is 2. The van der Waals surface area contributed by atoms with Crippen molar-refractivity contribution in [2.75, 3.05) is 40.5 Å². The molecule has 1 aromatic rings. The molecule has 0 aromatic heterocycles. The Bertz CT molecular complexity index is 562. The quantitative estimate of drug-likeness (QED) is 0.267. The van der Waals surface area contributed by atoms with Gasteiger partial charge < -0.3 is 25.2 Å². The van der Waals surface area contributed by atoms with Crippen LogP contribution in [0.25, 0.3) is 0 Å². The van der Waals surface area contributed by atoms with Crippen molar-refractivity contribution in [2.24, 2.45) is 10.4 Å². The van der Waals surface area contributed by atoms with Crippen LogP contribution in [-0.2, 0) is 4.74 Å². The van der Waals surface area contributed by atoms with E-state index in [9.17, 15) is 5.11 Å². The molecule has 6 nitrogen and oxygen atoms in total. The second kappa shape index (κ2) is 12.4. The molecule has 0 bridgehead atoms. The summed E-state index contributed by atoms with van der Waals surface area (Å²) in [5.74, 6) is 1.54. The molecule has 27 heavy (non-hydrogen) atoms. The third-order valence-electron chi connectivity index (χ3n) is 5.13. The van der Waals surface area contributed by atoms with Crippen molar-refractivity contribution in [3.05, 3.63) is 29.8 Å². The second-order valence-corrected chi connectivity index (χ2v) is 6.96. The van der Waals surface area contributed by atoms with Gasteiger partial charge in [0.2, 0.25) is 0 Å². The minimum atomic E-state index is -0.601. The van der Waals surface area contributed by atoms with E-state index in [2.05, 4.69) is 10.6 Å². The van der Waals surface area contributed by atoms with Crippen LogP contribution in [0.2, 0.25) is 0 Å². The number of ether oxygens (including phenoxy) is 2. The van der Waals surface area contributed by atoms with E-state index in [1.807, 2.05) is 31.2 Å². The van der Waals surface area contributed by atoms with Gasteiger partial charge in [0.15, 0.2) is 5.96 Å². The molecule has 1 aromatic carbocycles. The van der Waals surface area contributed by atoms with Crippen molar-refractivity contribution < 1.29 is 14.6 Å². The molecular formula is C20H34IN3O3. The predicted molar refractivity (Wildman–Crippen MR) is 120 cm³/mol. The lowest BCUT2D eigenvalue weighted by Crippen LogP contribution is -2.41. The Morgan fingerprint density at radius 1 is 1.22 bits per heavy atom. The standard InChI is InChI=1S/C20H33N3O3.HI/c1-4-21-19(23-15-20(10-5-11-20)12-13-25-2)22-14-18(24)16-6-8-17(26-3)9-7-16;/h6-9,18,24H,4-5,10-15H2,1-3H3,(H2,21,22,23);1H. The number of guanidine groups is 1. The number of benzene rings is 1. The van der Waals surface area contributed by atoms with Crippen molar-refractivity contribution in [2.45, 2.75) is 38.7 Å². The summed E-state index contributed by atoms with van der Waals surface area (Å²) in [5, 5.41) is 16.9. The van der Waals surface area contributed by atoms with Crippen LogP contribution in [0.15, 0.2) is 29.3 Å². The highest BCUT2D eigenvalue weighted by atomic mass is 127. The van der Waals surface area contributed by atoms with Gasteiger partial charge in [-0.2, -0.15) is 0 Å². The molecule has 154 valence electrons. The van der Waals surface area contributed by atoms with Crippen molar-refractivity contribution in [3.63, 3.8) is 0 Å². The summed E-state index contributed by atoms with van der Waals surface area (Å²) in [7, 11) is 3.38. The molecule has 2 rings (SSSR count). The molecule has 1 saturated carbocycles. The Labute approximate surface area is 180 Å². The van der Waals surface area contributed by atoms with Gasteiger partial charge in [0.05, 0.1) is 13.2 Å². The van der Waals surface area contributed by atoms with Crippen molar-refractivity contribution in [1.82, 2.24) is 10.6 Å². The first kappa shape index (κ1) is 24.0. The van der Waals surface area contributed by atoms with Crippen LogP contribution in [-0.4, -0.2) is 51.5 Å². The number of aliphatic imine (C=N–C) groups is 1. The number of hydrogen-bond acceptors (Lipinski definition) is 4. The fourth-order valence-electron chi connectivity index (χ4n) is 3.21. The van der Waals surface area contributed by atoms with Crippen LogP contribution < -0.4 is 15.4 Å². The van der Waals surface area contributed by atoms with Gasteiger partial charge in [0, 0.05) is 33.4 Å². The van der Waals surface area contributed by atoms with Crippen LogP contribution in [0, 0.1) is 5.41 Å². The first-order valence-corrected chi connectivity index (χ1v) is 9.45. The average molecular weight is 491 g/mol. The largest absolute Gasteiger partial charge is 0.497 e. The molecule has 0 aliphatic heterocycles. The van der Waals surface area contributed by atoms with Crippen LogP contribution >= 0.6 is 24.0 Å². The van der Waals surface area contributed by atoms with Crippen LogP contribution in [0.3, 0.4) is 0 Å². The zero-order valence-electron chi connectivity index (χ0n) is 16.7. The van der Waals surface area contributed by atoms with E-state index in [1.54, 1.807) is 14.2 Å². The average Bonchev–Trinajstić information content (AvgIpc) is 2.64. The molecule has 0 amide bonds. The molecule has 1 atom stereocenters. The zero-order valence-corrected chi connectivity index (χ0v) is 19.0. The van der Waals surface area contributed by atoms with Crippen molar-refractivity contribution in [3.8, 4) is 5.75 Å². The molecule has 0 heterocycles. The predicted octanol–water partition coefficient (Wildman–Crippen LogP) is 3.11. The normalized spacial score (nSPS) is 16.7. The Balaban J connectivity index is 0.00000364. The number of halogens is 1. The van der Waals surface area contributed by atoms with Gasteiger partial charge in [-0.15, -0.1) is 24.0 Å². The minimum Gasteiger partial charge on any atom is -0.497 e. The van der Waals surface area contributed by atoms with Gasteiger partial charge in [0.1, 0.15) is 5.75 Å². The third-order valence-corrected chi connectivity index (χ3v) is 5.13. The highest BCUT2D eigenvalue weighted by molar-refractivity contribution is 14.0. The number of hydrogen-bond donors (Lipinski definition) is 3. The lowest BCUT2D eigenvalue weighted by atomic mass is 9.67. The Hall–Kier alpha value is -1.06. The zero-order chi connectivity index (χ0) is 18.8. The first-order chi connectivity index (χ1) is 12.6. The summed E-state index contributed by atoms with van der Waals surface area (Å²) in [5.41, 5.74) is 1.14. The van der Waals surface area contributed by atoms with E-state index in [1.165, 1.54) is 19.3 Å². The molecule has 1 aliphatic rings. The topological polar surface area (TPSA) is 75.1 Å². The summed E-state index contributed by atoms with van der Waals surface area (Å²) in [6.07, 6.45) is 4.16. The Morgan fingerprint density at radius 2 is 1.93 bits per heavy atom. The van der Waals surface area contributed by atoms with Crippen molar-refractivity contribution in [1.29, 1.82) is 0 Å². The summed E-state index contributed by atoms with van der Waals surface area (Å²) in [6, 6.07) is 7.47. The molecule has 0 radical (unpaired) electrons. The molecule has 1 fully saturated rings.